The lowest BCUT2D eigenvalue weighted by molar-refractivity contribution is -0.150. The Labute approximate surface area is 320 Å². The van der Waals surface area contributed by atoms with Gasteiger partial charge in [0, 0.05) is 50.2 Å². The molecule has 0 bridgehead atoms. The summed E-state index contributed by atoms with van der Waals surface area (Å²) in [5.41, 5.74) is 1.62. The molecule has 2 amide bonds. The van der Waals surface area contributed by atoms with Gasteiger partial charge in [-0.2, -0.15) is 0 Å². The van der Waals surface area contributed by atoms with E-state index in [9.17, 15) is 29.1 Å². The third kappa shape index (κ3) is 11.9. The predicted octanol–water partition coefficient (Wildman–Crippen LogP) is 6.88. The number of nitrogens with one attached hydrogen (secondary N) is 1. The Hall–Kier alpha value is -3.64. The number of likely N-dealkylation sites (tertiary alicyclic amines) is 1. The lowest BCUT2D eigenvalue weighted by Crippen LogP contribution is -2.54. The normalized spacial score (nSPS) is 19.8. The van der Waals surface area contributed by atoms with E-state index < -0.39 is 47.4 Å². The molecule has 0 saturated carbocycles. The van der Waals surface area contributed by atoms with E-state index >= 15 is 0 Å². The number of Topliss-reactive ketones (excluding diaryl/α,β-unsaturated/α-hetero) is 1. The van der Waals surface area contributed by atoms with Crippen molar-refractivity contribution >= 4 is 40.9 Å². The summed E-state index contributed by atoms with van der Waals surface area (Å²) >= 11 is 1.20. The lowest BCUT2D eigenvalue weighted by atomic mass is 9.77. The van der Waals surface area contributed by atoms with Crippen molar-refractivity contribution in [2.75, 3.05) is 20.6 Å². The molecule has 0 unspecified atom stereocenters. The fourth-order valence-corrected chi connectivity index (χ4v) is 8.13. The number of aliphatic carboxylic acids is 1. The van der Waals surface area contributed by atoms with Crippen LogP contribution in [0.15, 0.2) is 29.6 Å². The summed E-state index contributed by atoms with van der Waals surface area (Å²) in [4.78, 5) is 74.3. The first-order valence-corrected chi connectivity index (χ1v) is 20.0. The summed E-state index contributed by atoms with van der Waals surface area (Å²) in [6.45, 7) is 15.9. The number of benzene rings is 1. The van der Waals surface area contributed by atoms with Gasteiger partial charge in [0.15, 0.2) is 11.9 Å². The molecule has 1 aliphatic rings. The van der Waals surface area contributed by atoms with E-state index in [4.69, 9.17) is 4.74 Å². The van der Waals surface area contributed by atoms with Gasteiger partial charge in [-0.1, -0.05) is 70.9 Å². The van der Waals surface area contributed by atoms with Crippen molar-refractivity contribution in [1.29, 1.82) is 0 Å². The highest BCUT2D eigenvalue weighted by Gasteiger charge is 2.42. The van der Waals surface area contributed by atoms with Crippen molar-refractivity contribution < 1.29 is 33.8 Å². The minimum Gasteiger partial charge on any atom is -0.481 e. The zero-order chi connectivity index (χ0) is 39.6. The summed E-state index contributed by atoms with van der Waals surface area (Å²) in [5, 5.41) is 14.6. The van der Waals surface area contributed by atoms with Crippen LogP contribution in [0.25, 0.3) is 0 Å². The van der Waals surface area contributed by atoms with Crippen molar-refractivity contribution in [3.05, 3.63) is 51.5 Å². The fraction of sp³-hybridized carbons (Fsp3) is 0.659. The minimum absolute atomic E-state index is 0.0168. The molecule has 294 valence electrons. The van der Waals surface area contributed by atoms with Crippen molar-refractivity contribution in [2.24, 2.45) is 23.7 Å². The van der Waals surface area contributed by atoms with E-state index in [1.807, 2.05) is 72.9 Å². The summed E-state index contributed by atoms with van der Waals surface area (Å²) < 4.78 is 5.80. The van der Waals surface area contributed by atoms with Gasteiger partial charge < -0.3 is 20.1 Å². The molecule has 3 rings (SSSR count). The first kappa shape index (κ1) is 43.8. The molecule has 1 aromatic heterocycles. The lowest BCUT2D eigenvalue weighted by Gasteiger charge is -2.43. The number of aromatic nitrogens is 1. The zero-order valence-electron chi connectivity index (χ0n) is 33.4. The number of rotatable bonds is 19. The standard InChI is InChI=1S/C41H62N4O7S/c1-11-27(5)32(22-36(47)41(8)18-12-13-19-44(41)9)39(49)45(10)34(25(2)3)23-35(52-29(7)46)38-43-33(24-53-38)37(48)42-31(20-28(6)40(50)51)21-30-16-14-26(4)15-17-30/h14-17,24-25,27-28,31-32,34-35H,11-13,18-23H2,1-10H3,(H,42,48)(H,50,51)/t27-,28-,31+,32-,34+,35+,41-/m0/s1. The molecule has 2 aromatic rings. The van der Waals surface area contributed by atoms with E-state index in [0.29, 0.717) is 11.4 Å². The molecule has 1 fully saturated rings. The van der Waals surface area contributed by atoms with E-state index in [1.165, 1.54) is 18.3 Å². The number of esters is 1. The number of hydrogen-bond acceptors (Lipinski definition) is 9. The number of hydrogen-bond donors (Lipinski definition) is 2. The topological polar surface area (TPSA) is 146 Å². The molecule has 12 heteroatoms. The number of aryl methyl sites for hydroxylation is 1. The molecule has 11 nitrogen and oxygen atoms in total. The number of carboxylic acid groups (broad SMARTS) is 1. The number of likely N-dealkylation sites (N-methyl/N-ethyl adjacent to an activating group) is 1. The molecule has 2 heterocycles. The van der Waals surface area contributed by atoms with Crippen LogP contribution in [-0.2, 0) is 30.3 Å². The summed E-state index contributed by atoms with van der Waals surface area (Å²) in [5.74, 6) is -3.13. The monoisotopic (exact) mass is 754 g/mol. The third-order valence-electron chi connectivity index (χ3n) is 11.3. The maximum atomic E-state index is 14.3. The van der Waals surface area contributed by atoms with Crippen LogP contribution in [-0.4, -0.2) is 87.7 Å². The maximum Gasteiger partial charge on any atom is 0.306 e. The third-order valence-corrected chi connectivity index (χ3v) is 12.2. The molecule has 7 atom stereocenters. The second-order valence-corrected chi connectivity index (χ2v) is 16.7. The number of thiazole rings is 1. The first-order chi connectivity index (χ1) is 24.9. The van der Waals surface area contributed by atoms with Crippen LogP contribution in [0.2, 0.25) is 0 Å². The van der Waals surface area contributed by atoms with Gasteiger partial charge in [-0.15, -0.1) is 11.3 Å². The van der Waals surface area contributed by atoms with Crippen LogP contribution in [0.5, 0.6) is 0 Å². The van der Waals surface area contributed by atoms with Crippen LogP contribution >= 0.6 is 11.3 Å². The second-order valence-electron chi connectivity index (χ2n) is 15.8. The smallest absolute Gasteiger partial charge is 0.306 e. The van der Waals surface area contributed by atoms with Gasteiger partial charge >= 0.3 is 11.9 Å². The maximum absolute atomic E-state index is 14.3. The van der Waals surface area contributed by atoms with E-state index in [2.05, 4.69) is 15.2 Å². The highest BCUT2D eigenvalue weighted by Crippen LogP contribution is 2.35. The molecule has 1 aliphatic heterocycles. The average molecular weight is 755 g/mol. The molecule has 1 saturated heterocycles. The van der Waals surface area contributed by atoms with Crippen molar-refractivity contribution in [3.63, 3.8) is 0 Å². The number of piperidine rings is 1. The highest BCUT2D eigenvalue weighted by atomic mass is 32.1. The van der Waals surface area contributed by atoms with Crippen LogP contribution in [0, 0.1) is 30.6 Å². The van der Waals surface area contributed by atoms with Gasteiger partial charge in [0.1, 0.15) is 10.7 Å². The van der Waals surface area contributed by atoms with E-state index in [-0.39, 0.29) is 54.5 Å². The minimum atomic E-state index is -0.940. The number of carbonyl (C=O) groups is 5. The molecule has 0 spiro atoms. The average Bonchev–Trinajstić information content (AvgIpc) is 3.60. The first-order valence-electron chi connectivity index (χ1n) is 19.1. The molecule has 1 aromatic carbocycles. The van der Waals surface area contributed by atoms with Gasteiger partial charge in [-0.3, -0.25) is 28.9 Å². The second kappa shape index (κ2) is 19.6. The number of amides is 2. The SMILES string of the molecule is CC[C@H](C)[C@H](CC(=O)[C@]1(C)CCCCN1C)C(=O)N(C)[C@H](C[C@@H](OC(C)=O)c1nc(C(=O)N[C@@H](Cc2ccc(C)cc2)C[C@H](C)C(=O)O)cs1)C(C)C. The highest BCUT2D eigenvalue weighted by molar-refractivity contribution is 7.09. The number of nitrogens with zero attached hydrogens (tertiary/aromatic N) is 3. The van der Waals surface area contributed by atoms with Gasteiger partial charge in [-0.25, -0.2) is 4.98 Å². The quantitative estimate of drug-likeness (QED) is 0.147. The Balaban J connectivity index is 1.83. The van der Waals surface area contributed by atoms with Crippen molar-refractivity contribution in [1.82, 2.24) is 20.1 Å². The summed E-state index contributed by atoms with van der Waals surface area (Å²) in [6, 6.07) is 7.08. The number of ether oxygens (including phenoxy) is 1. The van der Waals surface area contributed by atoms with Crippen LogP contribution < -0.4 is 5.32 Å². The molecule has 0 radical (unpaired) electrons. The number of carbonyl (C=O) groups excluding carboxylic acids is 4. The zero-order valence-corrected chi connectivity index (χ0v) is 34.3. The molecule has 2 N–H and O–H groups in total. The fourth-order valence-electron chi connectivity index (χ4n) is 7.29. The number of ketones is 1. The van der Waals surface area contributed by atoms with Gasteiger partial charge in [0.2, 0.25) is 5.91 Å². The van der Waals surface area contributed by atoms with Crippen molar-refractivity contribution in [3.8, 4) is 0 Å². The molecular formula is C41H62N4O7S. The van der Waals surface area contributed by atoms with Crippen LogP contribution in [0.4, 0.5) is 0 Å². The van der Waals surface area contributed by atoms with E-state index in [0.717, 1.165) is 43.4 Å². The Morgan fingerprint density at radius 3 is 2.30 bits per heavy atom. The summed E-state index contributed by atoms with van der Waals surface area (Å²) in [7, 11) is 3.75. The largest absolute Gasteiger partial charge is 0.481 e. The van der Waals surface area contributed by atoms with E-state index in [1.54, 1.807) is 24.3 Å². The van der Waals surface area contributed by atoms with Crippen LogP contribution in [0.3, 0.4) is 0 Å². The van der Waals surface area contributed by atoms with Gasteiger partial charge in [0.05, 0.1) is 11.5 Å². The Morgan fingerprint density at radius 2 is 1.74 bits per heavy atom. The molecular weight excluding hydrogens is 693 g/mol. The molecule has 0 aliphatic carbocycles. The van der Waals surface area contributed by atoms with Crippen LogP contribution in [0.1, 0.15) is 126 Å². The Bertz CT molecular complexity index is 1560. The van der Waals surface area contributed by atoms with Gasteiger partial charge in [-0.05, 0) is 76.9 Å². The Morgan fingerprint density at radius 1 is 1.08 bits per heavy atom. The van der Waals surface area contributed by atoms with Gasteiger partial charge in [0.25, 0.3) is 5.91 Å². The molecule has 53 heavy (non-hydrogen) atoms. The number of carboxylic acids is 1. The summed E-state index contributed by atoms with van der Waals surface area (Å²) in [6.07, 6.45) is 3.85. The Kier molecular flexibility index (Phi) is 16.2. The van der Waals surface area contributed by atoms with Crippen molar-refractivity contribution in [2.45, 2.75) is 130 Å². The predicted molar refractivity (Wildman–Crippen MR) is 208 cm³/mol.